The van der Waals surface area contributed by atoms with Crippen molar-refractivity contribution in [3.8, 4) is 0 Å². The van der Waals surface area contributed by atoms with E-state index in [1.54, 1.807) is 0 Å². The molecule has 0 bridgehead atoms. The van der Waals surface area contributed by atoms with Gasteiger partial charge < -0.3 is 20.1 Å². The molecule has 1 amide bonds. The van der Waals surface area contributed by atoms with E-state index in [2.05, 4.69) is 10.6 Å². The first-order valence-electron chi connectivity index (χ1n) is 6.07. The van der Waals surface area contributed by atoms with Crippen LogP contribution in [-0.2, 0) is 14.3 Å². The molecule has 5 nitrogen and oxygen atoms in total. The van der Waals surface area contributed by atoms with Crippen LogP contribution in [0.15, 0.2) is 0 Å². The zero-order chi connectivity index (χ0) is 11.2. The molecule has 2 fully saturated rings. The Bertz CT molecular complexity index is 223. The average Bonchev–Trinajstić information content (AvgIpc) is 2.83. The molecule has 0 aromatic rings. The van der Waals surface area contributed by atoms with E-state index in [0.717, 1.165) is 19.5 Å². The summed E-state index contributed by atoms with van der Waals surface area (Å²) in [4.78, 5) is 11.6. The molecule has 0 saturated carbocycles. The third-order valence-electron chi connectivity index (χ3n) is 3.06. The summed E-state index contributed by atoms with van der Waals surface area (Å²) in [5, 5.41) is 6.30. The first-order chi connectivity index (χ1) is 7.86. The van der Waals surface area contributed by atoms with Gasteiger partial charge in [-0.25, -0.2) is 0 Å². The molecule has 2 aliphatic rings. The van der Waals surface area contributed by atoms with E-state index in [0.29, 0.717) is 25.9 Å². The molecule has 2 saturated heterocycles. The van der Waals surface area contributed by atoms with Gasteiger partial charge in [-0.1, -0.05) is 0 Å². The summed E-state index contributed by atoms with van der Waals surface area (Å²) in [5.74, 6) is -0.0438. The number of amides is 1. The van der Waals surface area contributed by atoms with Gasteiger partial charge in [0.15, 0.2) is 6.10 Å². The van der Waals surface area contributed by atoms with Gasteiger partial charge in [-0.2, -0.15) is 0 Å². The lowest BCUT2D eigenvalue weighted by Crippen LogP contribution is -2.43. The van der Waals surface area contributed by atoms with E-state index < -0.39 is 6.10 Å². The Kier molecular flexibility index (Phi) is 4.56. The van der Waals surface area contributed by atoms with E-state index in [1.165, 1.54) is 12.8 Å². The summed E-state index contributed by atoms with van der Waals surface area (Å²) in [6, 6.07) is 0.573. The Labute approximate surface area is 95.9 Å². The lowest BCUT2D eigenvalue weighted by Gasteiger charge is -2.22. The highest BCUT2D eigenvalue weighted by atomic mass is 16.6. The van der Waals surface area contributed by atoms with Crippen molar-refractivity contribution >= 4 is 5.91 Å². The molecule has 0 radical (unpaired) electrons. The molecular weight excluding hydrogens is 208 g/mol. The highest BCUT2D eigenvalue weighted by Gasteiger charge is 2.22. The Morgan fingerprint density at radius 3 is 3.06 bits per heavy atom. The SMILES string of the molecule is O=C(NCC[C@H]1CCCN1)C1COCCO1. The lowest BCUT2D eigenvalue weighted by molar-refractivity contribution is -0.147. The van der Waals surface area contributed by atoms with Crippen LogP contribution in [0.4, 0.5) is 0 Å². The molecule has 16 heavy (non-hydrogen) atoms. The maximum absolute atomic E-state index is 11.6. The average molecular weight is 228 g/mol. The maximum atomic E-state index is 11.6. The van der Waals surface area contributed by atoms with Gasteiger partial charge in [0.25, 0.3) is 5.91 Å². The third kappa shape index (κ3) is 3.43. The Morgan fingerprint density at radius 1 is 1.44 bits per heavy atom. The second-order valence-electron chi connectivity index (χ2n) is 4.31. The van der Waals surface area contributed by atoms with Crippen LogP contribution < -0.4 is 10.6 Å². The number of hydrogen-bond donors (Lipinski definition) is 2. The predicted octanol–water partition coefficient (Wildman–Crippen LogP) is -0.340. The highest BCUT2D eigenvalue weighted by molar-refractivity contribution is 5.80. The van der Waals surface area contributed by atoms with E-state index in [-0.39, 0.29) is 5.91 Å². The lowest BCUT2D eigenvalue weighted by atomic mass is 10.1. The Hall–Kier alpha value is -0.650. The number of carbonyl (C=O) groups is 1. The molecule has 2 aliphatic heterocycles. The van der Waals surface area contributed by atoms with Crippen molar-refractivity contribution < 1.29 is 14.3 Å². The second kappa shape index (κ2) is 6.18. The molecule has 0 aliphatic carbocycles. The van der Waals surface area contributed by atoms with E-state index >= 15 is 0 Å². The number of rotatable bonds is 4. The van der Waals surface area contributed by atoms with E-state index in [4.69, 9.17) is 9.47 Å². The van der Waals surface area contributed by atoms with Crippen LogP contribution >= 0.6 is 0 Å². The van der Waals surface area contributed by atoms with Crippen molar-refractivity contribution in [2.24, 2.45) is 0 Å². The predicted molar refractivity (Wildman–Crippen MR) is 59.2 cm³/mol. The quantitative estimate of drug-likeness (QED) is 0.691. The minimum Gasteiger partial charge on any atom is -0.376 e. The summed E-state index contributed by atoms with van der Waals surface area (Å²) in [7, 11) is 0. The minimum atomic E-state index is -0.412. The second-order valence-corrected chi connectivity index (χ2v) is 4.31. The summed E-state index contributed by atoms with van der Waals surface area (Å²) in [5.41, 5.74) is 0. The van der Waals surface area contributed by atoms with Crippen molar-refractivity contribution in [2.75, 3.05) is 32.9 Å². The van der Waals surface area contributed by atoms with E-state index in [9.17, 15) is 4.79 Å². The molecule has 5 heteroatoms. The van der Waals surface area contributed by atoms with Crippen LogP contribution in [0.3, 0.4) is 0 Å². The van der Waals surface area contributed by atoms with Crippen LogP contribution in [0.5, 0.6) is 0 Å². The Balaban J connectivity index is 1.59. The number of carbonyl (C=O) groups excluding carboxylic acids is 1. The maximum Gasteiger partial charge on any atom is 0.251 e. The monoisotopic (exact) mass is 228 g/mol. The molecule has 0 spiro atoms. The van der Waals surface area contributed by atoms with Gasteiger partial charge in [-0.15, -0.1) is 0 Å². The van der Waals surface area contributed by atoms with Gasteiger partial charge in [-0.3, -0.25) is 4.79 Å². The van der Waals surface area contributed by atoms with Gasteiger partial charge in [0.2, 0.25) is 0 Å². The number of ether oxygens (including phenoxy) is 2. The fourth-order valence-electron chi connectivity index (χ4n) is 2.13. The van der Waals surface area contributed by atoms with Crippen LogP contribution in [0.2, 0.25) is 0 Å². The Morgan fingerprint density at radius 2 is 2.38 bits per heavy atom. The first-order valence-corrected chi connectivity index (χ1v) is 6.07. The van der Waals surface area contributed by atoms with Crippen molar-refractivity contribution in [3.63, 3.8) is 0 Å². The molecule has 0 aromatic heterocycles. The van der Waals surface area contributed by atoms with Crippen LogP contribution in [0.25, 0.3) is 0 Å². The topological polar surface area (TPSA) is 59.6 Å². The van der Waals surface area contributed by atoms with Crippen LogP contribution in [-0.4, -0.2) is 51.0 Å². The summed E-state index contributed by atoms with van der Waals surface area (Å²) in [6.45, 7) is 3.32. The molecule has 2 rings (SSSR count). The van der Waals surface area contributed by atoms with Crippen molar-refractivity contribution in [1.29, 1.82) is 0 Å². The van der Waals surface area contributed by atoms with E-state index in [1.807, 2.05) is 0 Å². The molecule has 2 N–H and O–H groups in total. The first kappa shape index (κ1) is 11.8. The largest absolute Gasteiger partial charge is 0.376 e. The highest BCUT2D eigenvalue weighted by Crippen LogP contribution is 2.07. The molecule has 92 valence electrons. The van der Waals surface area contributed by atoms with Gasteiger partial charge in [-0.05, 0) is 25.8 Å². The van der Waals surface area contributed by atoms with Crippen LogP contribution in [0, 0.1) is 0 Å². The summed E-state index contributed by atoms with van der Waals surface area (Å²) < 4.78 is 10.5. The van der Waals surface area contributed by atoms with Crippen molar-refractivity contribution in [1.82, 2.24) is 10.6 Å². The van der Waals surface area contributed by atoms with Gasteiger partial charge in [0.1, 0.15) is 0 Å². The summed E-state index contributed by atoms with van der Waals surface area (Å²) in [6.07, 6.45) is 3.06. The summed E-state index contributed by atoms with van der Waals surface area (Å²) >= 11 is 0. The third-order valence-corrected chi connectivity index (χ3v) is 3.06. The normalized spacial score (nSPS) is 30.2. The molecule has 1 unspecified atom stereocenters. The molecular formula is C11H20N2O3. The van der Waals surface area contributed by atoms with Crippen molar-refractivity contribution in [2.45, 2.75) is 31.4 Å². The zero-order valence-electron chi connectivity index (χ0n) is 9.54. The van der Waals surface area contributed by atoms with Crippen LogP contribution in [0.1, 0.15) is 19.3 Å². The van der Waals surface area contributed by atoms with Gasteiger partial charge in [0, 0.05) is 12.6 Å². The van der Waals surface area contributed by atoms with Gasteiger partial charge >= 0.3 is 0 Å². The standard InChI is InChI=1S/C11H20N2O3/c14-11(10-8-15-6-7-16-10)13-5-3-9-2-1-4-12-9/h9-10,12H,1-8H2,(H,13,14)/t9-,10?/m1/s1. The fraction of sp³-hybridized carbons (Fsp3) is 0.909. The van der Waals surface area contributed by atoms with Gasteiger partial charge in [0.05, 0.1) is 19.8 Å². The van der Waals surface area contributed by atoms with Crippen molar-refractivity contribution in [3.05, 3.63) is 0 Å². The molecule has 2 heterocycles. The fourth-order valence-corrected chi connectivity index (χ4v) is 2.13. The smallest absolute Gasteiger partial charge is 0.251 e. The minimum absolute atomic E-state index is 0.0438. The zero-order valence-corrected chi connectivity index (χ0v) is 9.54. The number of hydrogen-bond acceptors (Lipinski definition) is 4. The molecule has 0 aromatic carbocycles. The molecule has 2 atom stereocenters. The number of nitrogens with one attached hydrogen (secondary N) is 2.